The van der Waals surface area contributed by atoms with Gasteiger partial charge in [0.2, 0.25) is 0 Å². The Balaban J connectivity index is 1.62. The second kappa shape index (κ2) is 10.2. The topological polar surface area (TPSA) is 83.9 Å². The summed E-state index contributed by atoms with van der Waals surface area (Å²) in [5.41, 5.74) is 3.15. The van der Waals surface area contributed by atoms with Crippen molar-refractivity contribution in [2.24, 2.45) is 0 Å². The lowest BCUT2D eigenvalue weighted by Gasteiger charge is -2.31. The van der Waals surface area contributed by atoms with Crippen LogP contribution < -0.4 is 0 Å². The number of nitrogens with zero attached hydrogens (tertiary/aromatic N) is 4. The van der Waals surface area contributed by atoms with E-state index in [2.05, 4.69) is 27.0 Å². The number of ketones is 2. The van der Waals surface area contributed by atoms with Crippen molar-refractivity contribution in [3.8, 4) is 5.69 Å². The summed E-state index contributed by atoms with van der Waals surface area (Å²) < 4.78 is 15.5. The van der Waals surface area contributed by atoms with Gasteiger partial charge in [0.15, 0.2) is 22.5 Å². The number of rotatable bonds is 8. The van der Waals surface area contributed by atoms with Crippen molar-refractivity contribution in [1.29, 1.82) is 0 Å². The van der Waals surface area contributed by atoms with Crippen molar-refractivity contribution in [1.82, 2.24) is 24.6 Å². The minimum Gasteiger partial charge on any atom is -0.355 e. The predicted molar refractivity (Wildman–Crippen MR) is 130 cm³/mol. The zero-order valence-corrected chi connectivity index (χ0v) is 20.8. The molecule has 0 saturated carbocycles. The van der Waals surface area contributed by atoms with Crippen LogP contribution >= 0.6 is 11.8 Å². The van der Waals surface area contributed by atoms with Gasteiger partial charge in [-0.1, -0.05) is 18.2 Å². The predicted octanol–water partition coefficient (Wildman–Crippen LogP) is 5.08. The smallest absolute Gasteiger partial charge is 0.196 e. The standard InChI is InChI=1S/C25H30FN5O2S/c1-15-22(18(4)32)16(2)27-23(15)21(33)14-34-25-29-28-24(17(3)30-12-6-5-7-13-30)31(25)20-10-8-19(26)9-11-20/h8-11,17,27H,5-7,12-14H2,1-4H3. The maximum absolute atomic E-state index is 13.6. The molecular formula is C25H30FN5O2S. The van der Waals surface area contributed by atoms with Crippen molar-refractivity contribution in [3.63, 3.8) is 0 Å². The van der Waals surface area contributed by atoms with Crippen LogP contribution in [0.15, 0.2) is 29.4 Å². The van der Waals surface area contributed by atoms with Crippen molar-refractivity contribution >= 4 is 23.3 Å². The number of aromatic amines is 1. The fourth-order valence-electron chi connectivity index (χ4n) is 4.71. The zero-order chi connectivity index (χ0) is 24.4. The molecular weight excluding hydrogens is 453 g/mol. The molecule has 1 aliphatic heterocycles. The fourth-order valence-corrected chi connectivity index (χ4v) is 5.54. The maximum Gasteiger partial charge on any atom is 0.196 e. The number of halogens is 1. The minimum atomic E-state index is -0.314. The van der Waals surface area contributed by atoms with Gasteiger partial charge >= 0.3 is 0 Å². The van der Waals surface area contributed by atoms with Gasteiger partial charge in [0.1, 0.15) is 5.82 Å². The van der Waals surface area contributed by atoms with Gasteiger partial charge in [-0.2, -0.15) is 0 Å². The average molecular weight is 484 g/mol. The number of aromatic nitrogens is 4. The van der Waals surface area contributed by atoms with E-state index in [0.717, 1.165) is 37.4 Å². The fraction of sp³-hybridized carbons (Fsp3) is 0.440. The number of H-pyrrole nitrogens is 1. The highest BCUT2D eigenvalue weighted by molar-refractivity contribution is 7.99. The number of aryl methyl sites for hydroxylation is 1. The molecule has 1 saturated heterocycles. The largest absolute Gasteiger partial charge is 0.355 e. The van der Waals surface area contributed by atoms with Crippen molar-refractivity contribution in [2.45, 2.75) is 58.2 Å². The van der Waals surface area contributed by atoms with Crippen LogP contribution in [0.1, 0.15) is 77.1 Å². The van der Waals surface area contributed by atoms with Crippen LogP contribution in [-0.4, -0.2) is 55.1 Å². The molecule has 0 radical (unpaired) electrons. The first kappa shape index (κ1) is 24.3. The molecule has 1 aliphatic rings. The Morgan fingerprint density at radius 1 is 1.12 bits per heavy atom. The van der Waals surface area contributed by atoms with Crippen LogP contribution in [-0.2, 0) is 0 Å². The molecule has 2 aromatic heterocycles. The second-order valence-corrected chi connectivity index (χ2v) is 9.76. The number of carbonyl (C=O) groups excluding carboxylic acids is 2. The molecule has 180 valence electrons. The van der Waals surface area contributed by atoms with E-state index in [1.165, 1.54) is 37.2 Å². The third-order valence-corrected chi connectivity index (χ3v) is 7.38. The van der Waals surface area contributed by atoms with Crippen LogP contribution in [0.5, 0.6) is 0 Å². The summed E-state index contributed by atoms with van der Waals surface area (Å²) in [5, 5.41) is 9.48. The Kier molecular flexibility index (Phi) is 7.33. The number of benzene rings is 1. The summed E-state index contributed by atoms with van der Waals surface area (Å²) >= 11 is 1.29. The Bertz CT molecular complexity index is 1190. The van der Waals surface area contributed by atoms with E-state index in [1.54, 1.807) is 26.0 Å². The van der Waals surface area contributed by atoms with E-state index >= 15 is 0 Å². The molecule has 0 aliphatic carbocycles. The number of thioether (sulfide) groups is 1. The molecule has 0 amide bonds. The van der Waals surface area contributed by atoms with Crippen LogP contribution in [0.3, 0.4) is 0 Å². The molecule has 1 atom stereocenters. The van der Waals surface area contributed by atoms with Crippen molar-refractivity contribution in [3.05, 3.63) is 58.4 Å². The highest BCUT2D eigenvalue weighted by Gasteiger charge is 2.26. The maximum atomic E-state index is 13.6. The summed E-state index contributed by atoms with van der Waals surface area (Å²) in [6.07, 6.45) is 3.55. The van der Waals surface area contributed by atoms with Crippen LogP contribution in [0.4, 0.5) is 4.39 Å². The van der Waals surface area contributed by atoms with E-state index in [4.69, 9.17) is 0 Å². The number of Topliss-reactive ketones (excluding diaryl/α,β-unsaturated/α-hetero) is 2. The quantitative estimate of drug-likeness (QED) is 0.356. The molecule has 1 unspecified atom stereocenters. The molecule has 9 heteroatoms. The lowest BCUT2D eigenvalue weighted by atomic mass is 10.1. The van der Waals surface area contributed by atoms with E-state index in [0.29, 0.717) is 27.7 Å². The molecule has 34 heavy (non-hydrogen) atoms. The summed E-state index contributed by atoms with van der Waals surface area (Å²) in [6.45, 7) is 9.21. The molecule has 3 heterocycles. The highest BCUT2D eigenvalue weighted by Crippen LogP contribution is 2.30. The Morgan fingerprint density at radius 3 is 2.41 bits per heavy atom. The summed E-state index contributed by atoms with van der Waals surface area (Å²) in [7, 11) is 0. The van der Waals surface area contributed by atoms with E-state index < -0.39 is 0 Å². The lowest BCUT2D eigenvalue weighted by Crippen LogP contribution is -2.33. The van der Waals surface area contributed by atoms with Gasteiger partial charge < -0.3 is 4.98 Å². The molecule has 4 rings (SSSR count). The molecule has 7 nitrogen and oxygen atoms in total. The van der Waals surface area contributed by atoms with Crippen LogP contribution in [0.2, 0.25) is 0 Å². The monoisotopic (exact) mass is 483 g/mol. The zero-order valence-electron chi connectivity index (χ0n) is 20.0. The summed E-state index contributed by atoms with van der Waals surface area (Å²) in [6, 6.07) is 6.27. The SMILES string of the molecule is CC(=O)c1c(C)[nH]c(C(=O)CSc2nnc(C(C)N3CCCCC3)n2-c2ccc(F)cc2)c1C. The number of nitrogens with one attached hydrogen (secondary N) is 1. The Hall–Kier alpha value is -2.78. The third kappa shape index (κ3) is 4.86. The van der Waals surface area contributed by atoms with Crippen molar-refractivity contribution < 1.29 is 14.0 Å². The first-order chi connectivity index (χ1) is 16.3. The minimum absolute atomic E-state index is 0.0364. The first-order valence-corrected chi connectivity index (χ1v) is 12.6. The van der Waals surface area contributed by atoms with Gasteiger partial charge in [0.05, 0.1) is 17.5 Å². The Labute approximate surface area is 203 Å². The van der Waals surface area contributed by atoms with Gasteiger partial charge in [0, 0.05) is 16.9 Å². The molecule has 1 fully saturated rings. The molecule has 1 aromatic carbocycles. The van der Waals surface area contributed by atoms with Crippen LogP contribution in [0, 0.1) is 19.7 Å². The summed E-state index contributed by atoms with van der Waals surface area (Å²) in [5.74, 6) is 0.415. The van der Waals surface area contributed by atoms with Gasteiger partial charge in [-0.15, -0.1) is 10.2 Å². The highest BCUT2D eigenvalue weighted by atomic mass is 32.2. The van der Waals surface area contributed by atoms with Crippen molar-refractivity contribution in [2.75, 3.05) is 18.8 Å². The number of hydrogen-bond acceptors (Lipinski definition) is 6. The number of likely N-dealkylation sites (tertiary alicyclic amines) is 1. The Morgan fingerprint density at radius 2 is 1.79 bits per heavy atom. The van der Waals surface area contributed by atoms with Gasteiger partial charge in [0.25, 0.3) is 0 Å². The van der Waals surface area contributed by atoms with E-state index in [1.807, 2.05) is 4.57 Å². The first-order valence-electron chi connectivity index (χ1n) is 11.6. The van der Waals surface area contributed by atoms with Gasteiger partial charge in [-0.25, -0.2) is 4.39 Å². The number of hydrogen-bond donors (Lipinski definition) is 1. The summed E-state index contributed by atoms with van der Waals surface area (Å²) in [4.78, 5) is 30.4. The molecule has 3 aromatic rings. The average Bonchev–Trinajstić information content (AvgIpc) is 3.38. The van der Waals surface area contributed by atoms with Gasteiger partial charge in [-0.3, -0.25) is 19.1 Å². The molecule has 1 N–H and O–H groups in total. The lowest BCUT2D eigenvalue weighted by molar-refractivity contribution is 0.101. The number of carbonyl (C=O) groups is 2. The molecule has 0 spiro atoms. The van der Waals surface area contributed by atoms with Crippen LogP contribution in [0.25, 0.3) is 5.69 Å². The third-order valence-electron chi connectivity index (χ3n) is 6.46. The number of piperidine rings is 1. The van der Waals surface area contributed by atoms with Gasteiger partial charge in [-0.05, 0) is 83.5 Å². The molecule has 0 bridgehead atoms. The van der Waals surface area contributed by atoms with E-state index in [-0.39, 0.29) is 29.2 Å². The second-order valence-electron chi connectivity index (χ2n) is 8.82. The van der Waals surface area contributed by atoms with E-state index in [9.17, 15) is 14.0 Å². The normalized spacial score (nSPS) is 15.4.